The van der Waals surface area contributed by atoms with Gasteiger partial charge in [0, 0.05) is 24.2 Å². The normalized spacial score (nSPS) is 11.7. The van der Waals surface area contributed by atoms with Crippen molar-refractivity contribution in [2.45, 2.75) is 39.8 Å². The third-order valence-corrected chi connectivity index (χ3v) is 4.68. The second-order valence-electron chi connectivity index (χ2n) is 7.39. The molecule has 9 heteroatoms. The summed E-state index contributed by atoms with van der Waals surface area (Å²) in [4.78, 5) is 19.1. The maximum absolute atomic E-state index is 6.07. The van der Waals surface area contributed by atoms with Crippen LogP contribution in [0.2, 0.25) is 0 Å². The lowest BCUT2D eigenvalue weighted by atomic mass is 10.1. The smallest absolute Gasteiger partial charge is 0.224 e. The minimum Gasteiger partial charge on any atom is -0.492 e. The molecular weight excluding hydrogens is 368 g/mol. The van der Waals surface area contributed by atoms with E-state index in [1.807, 2.05) is 24.3 Å². The molecule has 0 amide bonds. The van der Waals surface area contributed by atoms with Crippen LogP contribution in [0.1, 0.15) is 27.7 Å². The first-order chi connectivity index (χ1) is 13.8. The van der Waals surface area contributed by atoms with Crippen molar-refractivity contribution in [1.82, 2.24) is 24.8 Å². The number of nitrogens with zero attached hydrogens (tertiary/aromatic N) is 5. The lowest BCUT2D eigenvalue weighted by molar-refractivity contribution is 0.142. The highest BCUT2D eigenvalue weighted by atomic mass is 16.5. The maximum atomic E-state index is 6.07. The zero-order chi connectivity index (χ0) is 21.1. The molecule has 9 nitrogen and oxygen atoms in total. The van der Waals surface area contributed by atoms with Gasteiger partial charge in [-0.1, -0.05) is 0 Å². The molecule has 0 bridgehead atoms. The van der Waals surface area contributed by atoms with Gasteiger partial charge in [-0.3, -0.25) is 4.90 Å². The second-order valence-corrected chi connectivity index (χ2v) is 7.39. The molecule has 0 atom stereocenters. The predicted molar refractivity (Wildman–Crippen MR) is 116 cm³/mol. The number of ether oxygens (including phenoxy) is 1. The molecule has 0 radical (unpaired) electrons. The molecule has 2 heterocycles. The van der Waals surface area contributed by atoms with Crippen LogP contribution in [-0.4, -0.2) is 50.1 Å². The third-order valence-electron chi connectivity index (χ3n) is 4.68. The first-order valence-corrected chi connectivity index (χ1v) is 9.61. The average molecular weight is 396 g/mol. The lowest BCUT2D eigenvalue weighted by Gasteiger charge is -2.30. The van der Waals surface area contributed by atoms with Crippen LogP contribution in [0.15, 0.2) is 24.3 Å². The van der Waals surface area contributed by atoms with Gasteiger partial charge in [-0.15, -0.1) is 0 Å². The van der Waals surface area contributed by atoms with Crippen LogP contribution in [0.4, 0.5) is 17.6 Å². The molecule has 0 fully saturated rings. The largest absolute Gasteiger partial charge is 0.492 e. The van der Waals surface area contributed by atoms with Gasteiger partial charge in [0.25, 0.3) is 0 Å². The van der Waals surface area contributed by atoms with Crippen molar-refractivity contribution in [3.8, 4) is 17.0 Å². The average Bonchev–Trinajstić information content (AvgIpc) is 2.64. The summed E-state index contributed by atoms with van der Waals surface area (Å²) in [5, 5.41) is 0. The topological polar surface area (TPSA) is 142 Å². The van der Waals surface area contributed by atoms with Gasteiger partial charge in [0.2, 0.25) is 5.95 Å². The van der Waals surface area contributed by atoms with Gasteiger partial charge in [-0.25, -0.2) is 9.97 Å². The fourth-order valence-electron chi connectivity index (χ4n) is 3.30. The first kappa shape index (κ1) is 20.5. The van der Waals surface area contributed by atoms with Gasteiger partial charge in [-0.2, -0.15) is 9.97 Å². The van der Waals surface area contributed by atoms with E-state index in [2.05, 4.69) is 52.5 Å². The van der Waals surface area contributed by atoms with E-state index in [0.717, 1.165) is 17.9 Å². The molecule has 0 spiro atoms. The Morgan fingerprint density at radius 2 is 1.52 bits per heavy atom. The Balaban J connectivity index is 1.76. The number of nitrogens with two attached hydrogens (primary N) is 3. The van der Waals surface area contributed by atoms with Gasteiger partial charge in [0.1, 0.15) is 18.1 Å². The molecule has 0 aliphatic carbocycles. The monoisotopic (exact) mass is 396 g/mol. The number of aromatic nitrogens is 4. The van der Waals surface area contributed by atoms with Crippen molar-refractivity contribution in [3.63, 3.8) is 0 Å². The lowest BCUT2D eigenvalue weighted by Crippen LogP contribution is -2.39. The number of nitrogen functional groups attached to an aromatic ring is 3. The fourth-order valence-corrected chi connectivity index (χ4v) is 3.30. The van der Waals surface area contributed by atoms with E-state index in [1.165, 1.54) is 0 Å². The summed E-state index contributed by atoms with van der Waals surface area (Å²) in [5.41, 5.74) is 19.5. The summed E-state index contributed by atoms with van der Waals surface area (Å²) in [7, 11) is 0. The van der Waals surface area contributed by atoms with Crippen LogP contribution >= 0.6 is 0 Å². The van der Waals surface area contributed by atoms with Crippen molar-refractivity contribution < 1.29 is 4.74 Å². The first-order valence-electron chi connectivity index (χ1n) is 9.61. The van der Waals surface area contributed by atoms with E-state index >= 15 is 0 Å². The van der Waals surface area contributed by atoms with E-state index in [1.54, 1.807) is 0 Å². The van der Waals surface area contributed by atoms with E-state index in [9.17, 15) is 0 Å². The number of fused-ring (bicyclic) bond motifs is 1. The summed E-state index contributed by atoms with van der Waals surface area (Å²) in [6.07, 6.45) is 0. The highest BCUT2D eigenvalue weighted by Crippen LogP contribution is 2.27. The zero-order valence-electron chi connectivity index (χ0n) is 17.3. The van der Waals surface area contributed by atoms with Gasteiger partial charge >= 0.3 is 0 Å². The maximum Gasteiger partial charge on any atom is 0.224 e. The number of benzene rings is 1. The molecule has 3 aromatic rings. The summed E-state index contributed by atoms with van der Waals surface area (Å²) >= 11 is 0. The second kappa shape index (κ2) is 8.44. The molecule has 0 aliphatic rings. The quantitative estimate of drug-likeness (QED) is 0.548. The van der Waals surface area contributed by atoms with Gasteiger partial charge in [0.05, 0.1) is 0 Å². The van der Waals surface area contributed by atoms with Gasteiger partial charge in [0.15, 0.2) is 22.8 Å². The van der Waals surface area contributed by atoms with Crippen molar-refractivity contribution in [1.29, 1.82) is 0 Å². The van der Waals surface area contributed by atoms with Crippen LogP contribution in [-0.2, 0) is 0 Å². The number of anilines is 3. The van der Waals surface area contributed by atoms with Gasteiger partial charge in [-0.05, 0) is 52.0 Å². The highest BCUT2D eigenvalue weighted by molar-refractivity contribution is 5.87. The van der Waals surface area contributed by atoms with Crippen LogP contribution in [0.25, 0.3) is 22.4 Å². The van der Waals surface area contributed by atoms with Crippen molar-refractivity contribution in [2.24, 2.45) is 0 Å². The Morgan fingerprint density at radius 3 is 2.14 bits per heavy atom. The minimum absolute atomic E-state index is 0.0338. The minimum atomic E-state index is 0.0338. The highest BCUT2D eigenvalue weighted by Gasteiger charge is 2.14. The van der Waals surface area contributed by atoms with Gasteiger partial charge < -0.3 is 21.9 Å². The zero-order valence-corrected chi connectivity index (χ0v) is 17.3. The molecule has 0 saturated heterocycles. The predicted octanol–water partition coefficient (Wildman–Crippen LogP) is 2.33. The molecule has 0 unspecified atom stereocenters. The molecule has 3 rings (SSSR count). The number of hydrogen-bond acceptors (Lipinski definition) is 9. The standard InChI is InChI=1S/C20H28N8O/c1-11(2)28(12(3)4)9-10-29-14-7-5-13(6-8-14)15-17(21)25-19-16(24-15)18(22)26-20(23)27-19/h5-8,11-12H,9-10H2,1-4H3,(H6,21,22,23,25,26,27). The summed E-state index contributed by atoms with van der Waals surface area (Å²) in [6.45, 7) is 10.2. The molecule has 0 saturated carbocycles. The molecular formula is C20H28N8O. The Morgan fingerprint density at radius 1 is 0.862 bits per heavy atom. The fraction of sp³-hybridized carbons (Fsp3) is 0.400. The molecule has 29 heavy (non-hydrogen) atoms. The molecule has 1 aromatic carbocycles. The Hall–Kier alpha value is -3.20. The number of rotatable bonds is 7. The van der Waals surface area contributed by atoms with Crippen LogP contribution < -0.4 is 21.9 Å². The van der Waals surface area contributed by atoms with Crippen LogP contribution in [0.3, 0.4) is 0 Å². The molecule has 0 aliphatic heterocycles. The van der Waals surface area contributed by atoms with E-state index in [4.69, 9.17) is 21.9 Å². The third kappa shape index (κ3) is 4.62. The summed E-state index contributed by atoms with van der Waals surface area (Å²) in [5.74, 6) is 1.23. The Labute approximate surface area is 170 Å². The Bertz CT molecular complexity index is 980. The van der Waals surface area contributed by atoms with Crippen molar-refractivity contribution in [2.75, 3.05) is 30.4 Å². The summed E-state index contributed by atoms with van der Waals surface area (Å²) < 4.78 is 5.90. The van der Waals surface area contributed by atoms with Crippen molar-refractivity contribution in [3.05, 3.63) is 24.3 Å². The summed E-state index contributed by atoms with van der Waals surface area (Å²) in [6, 6.07) is 8.50. The Kier molecular flexibility index (Phi) is 5.97. The molecule has 6 N–H and O–H groups in total. The van der Waals surface area contributed by atoms with Crippen molar-refractivity contribution >= 4 is 28.7 Å². The van der Waals surface area contributed by atoms with Crippen LogP contribution in [0.5, 0.6) is 5.75 Å². The molecule has 2 aromatic heterocycles. The SMILES string of the molecule is CC(C)N(CCOc1ccc(-c2nc3c(N)nc(N)nc3nc2N)cc1)C(C)C. The number of hydrogen-bond donors (Lipinski definition) is 3. The van der Waals surface area contributed by atoms with E-state index in [-0.39, 0.29) is 23.2 Å². The van der Waals surface area contributed by atoms with E-state index < -0.39 is 0 Å². The van der Waals surface area contributed by atoms with Crippen LogP contribution in [0, 0.1) is 0 Å². The molecule has 154 valence electrons. The van der Waals surface area contributed by atoms with E-state index in [0.29, 0.717) is 29.9 Å².